The summed E-state index contributed by atoms with van der Waals surface area (Å²) in [6, 6.07) is 2.47. The fourth-order valence-corrected chi connectivity index (χ4v) is 5.44. The molecule has 3 heterocycles. The monoisotopic (exact) mass is 373 g/mol. The molecule has 1 spiro atoms. The first-order valence-corrected chi connectivity index (χ1v) is 9.87. The molecule has 2 aliphatic heterocycles. The second-order valence-electron chi connectivity index (χ2n) is 6.17. The molecule has 2 aliphatic rings. The average Bonchev–Trinajstić information content (AvgIpc) is 3.10. The number of nitrogens with one attached hydrogen (secondary N) is 1. The summed E-state index contributed by atoms with van der Waals surface area (Å²) < 4.78 is 12.5. The SMILES string of the molecule is CCCNC(c1ccoc1Br)C1CCOC2(CCSC2)C1. The minimum absolute atomic E-state index is 0.135. The van der Waals surface area contributed by atoms with E-state index in [2.05, 4.69) is 34.2 Å². The normalized spacial score (nSPS) is 30.9. The molecule has 1 N–H and O–H groups in total. The molecule has 0 aromatic carbocycles. The molecule has 0 aliphatic carbocycles. The number of hydrogen-bond acceptors (Lipinski definition) is 4. The molecule has 21 heavy (non-hydrogen) atoms. The van der Waals surface area contributed by atoms with Gasteiger partial charge in [0.1, 0.15) is 0 Å². The number of halogens is 1. The van der Waals surface area contributed by atoms with Crippen LogP contribution >= 0.6 is 27.7 Å². The van der Waals surface area contributed by atoms with Gasteiger partial charge in [-0.25, -0.2) is 0 Å². The summed E-state index contributed by atoms with van der Waals surface area (Å²) in [7, 11) is 0. The van der Waals surface area contributed by atoms with Crippen LogP contribution in [0.1, 0.15) is 44.2 Å². The van der Waals surface area contributed by atoms with Crippen LogP contribution in [0.4, 0.5) is 0 Å². The van der Waals surface area contributed by atoms with E-state index in [1.54, 1.807) is 6.26 Å². The molecule has 3 atom stereocenters. The highest BCUT2D eigenvalue weighted by molar-refractivity contribution is 9.10. The molecule has 0 radical (unpaired) electrons. The van der Waals surface area contributed by atoms with Crippen LogP contribution in [-0.2, 0) is 4.74 Å². The van der Waals surface area contributed by atoms with Crippen LogP contribution in [0.3, 0.4) is 0 Å². The standard InChI is InChI=1S/C16H24BrNO2S/c1-2-6-18-14(13-4-7-19-15(13)17)12-3-8-20-16(10-12)5-9-21-11-16/h4,7,12,14,18H,2-3,5-6,8-11H2,1H3. The molecule has 3 nitrogen and oxygen atoms in total. The minimum atomic E-state index is 0.135. The van der Waals surface area contributed by atoms with Gasteiger partial charge in [0.2, 0.25) is 0 Å². The zero-order valence-corrected chi connectivity index (χ0v) is 15.0. The number of thioether (sulfide) groups is 1. The van der Waals surface area contributed by atoms with E-state index in [1.807, 2.05) is 11.8 Å². The first-order valence-electron chi connectivity index (χ1n) is 7.92. The first-order chi connectivity index (χ1) is 10.2. The highest BCUT2D eigenvalue weighted by Crippen LogP contribution is 2.45. The maximum absolute atomic E-state index is 6.18. The zero-order chi connectivity index (χ0) is 14.7. The summed E-state index contributed by atoms with van der Waals surface area (Å²) in [4.78, 5) is 0. The Labute approximate surface area is 139 Å². The number of hydrogen-bond donors (Lipinski definition) is 1. The minimum Gasteiger partial charge on any atom is -0.457 e. The Kier molecular flexibility index (Phi) is 5.36. The topological polar surface area (TPSA) is 34.4 Å². The summed E-state index contributed by atoms with van der Waals surface area (Å²) in [6.07, 6.45) is 6.43. The Morgan fingerprint density at radius 2 is 2.48 bits per heavy atom. The largest absolute Gasteiger partial charge is 0.457 e. The molecule has 0 amide bonds. The third-order valence-electron chi connectivity index (χ3n) is 4.67. The van der Waals surface area contributed by atoms with Crippen LogP contribution < -0.4 is 5.32 Å². The van der Waals surface area contributed by atoms with Crippen molar-refractivity contribution in [2.75, 3.05) is 24.7 Å². The number of rotatable bonds is 5. The lowest BCUT2D eigenvalue weighted by Crippen LogP contribution is -2.43. The molecule has 0 saturated carbocycles. The third-order valence-corrected chi connectivity index (χ3v) is 6.53. The molecular formula is C16H24BrNO2S. The van der Waals surface area contributed by atoms with Crippen LogP contribution in [0.25, 0.3) is 0 Å². The van der Waals surface area contributed by atoms with Crippen molar-refractivity contribution < 1.29 is 9.15 Å². The Hall–Kier alpha value is 0.0300. The van der Waals surface area contributed by atoms with Crippen LogP contribution in [0.15, 0.2) is 21.4 Å². The quantitative estimate of drug-likeness (QED) is 0.829. The van der Waals surface area contributed by atoms with Gasteiger partial charge in [-0.2, -0.15) is 11.8 Å². The molecule has 2 fully saturated rings. The lowest BCUT2D eigenvalue weighted by atomic mass is 9.79. The smallest absolute Gasteiger partial charge is 0.173 e. The fourth-order valence-electron chi connectivity index (χ4n) is 3.57. The Balaban J connectivity index is 1.77. The molecule has 3 unspecified atom stereocenters. The third kappa shape index (κ3) is 3.52. The molecule has 5 heteroatoms. The van der Waals surface area contributed by atoms with Gasteiger partial charge in [-0.15, -0.1) is 0 Å². The molecule has 118 valence electrons. The van der Waals surface area contributed by atoms with E-state index in [9.17, 15) is 0 Å². The molecular weight excluding hydrogens is 350 g/mol. The lowest BCUT2D eigenvalue weighted by Gasteiger charge is -2.41. The van der Waals surface area contributed by atoms with Crippen LogP contribution in [0.2, 0.25) is 0 Å². The van der Waals surface area contributed by atoms with E-state index in [0.29, 0.717) is 12.0 Å². The van der Waals surface area contributed by atoms with E-state index < -0.39 is 0 Å². The van der Waals surface area contributed by atoms with E-state index in [4.69, 9.17) is 9.15 Å². The van der Waals surface area contributed by atoms with Gasteiger partial charge in [-0.3, -0.25) is 0 Å². The molecule has 3 rings (SSSR count). The van der Waals surface area contributed by atoms with Crippen molar-refractivity contribution in [1.29, 1.82) is 0 Å². The second kappa shape index (κ2) is 7.07. The Morgan fingerprint density at radius 1 is 1.57 bits per heavy atom. The summed E-state index contributed by atoms with van der Waals surface area (Å²) in [5.74, 6) is 3.03. The molecule has 2 saturated heterocycles. The maximum Gasteiger partial charge on any atom is 0.173 e. The number of furan rings is 1. The van der Waals surface area contributed by atoms with Crippen LogP contribution in [-0.4, -0.2) is 30.3 Å². The Morgan fingerprint density at radius 3 is 3.14 bits per heavy atom. The number of ether oxygens (including phenoxy) is 1. The van der Waals surface area contributed by atoms with Gasteiger partial charge >= 0.3 is 0 Å². The van der Waals surface area contributed by atoms with Crippen molar-refractivity contribution in [3.05, 3.63) is 22.6 Å². The highest BCUT2D eigenvalue weighted by atomic mass is 79.9. The van der Waals surface area contributed by atoms with Gasteiger partial charge in [0, 0.05) is 24.0 Å². The van der Waals surface area contributed by atoms with Crippen LogP contribution in [0.5, 0.6) is 0 Å². The average molecular weight is 374 g/mol. The van der Waals surface area contributed by atoms with E-state index in [0.717, 1.165) is 36.4 Å². The van der Waals surface area contributed by atoms with E-state index >= 15 is 0 Å². The van der Waals surface area contributed by atoms with Crippen molar-refractivity contribution in [3.8, 4) is 0 Å². The van der Waals surface area contributed by atoms with Crippen LogP contribution in [0, 0.1) is 5.92 Å². The molecule has 1 aromatic heterocycles. The highest BCUT2D eigenvalue weighted by Gasteiger charge is 2.43. The fraction of sp³-hybridized carbons (Fsp3) is 0.750. The van der Waals surface area contributed by atoms with Gasteiger partial charge in [0.15, 0.2) is 4.67 Å². The predicted octanol–water partition coefficient (Wildman–Crippen LogP) is 4.39. The lowest BCUT2D eigenvalue weighted by molar-refractivity contribution is -0.0854. The molecule has 1 aromatic rings. The van der Waals surface area contributed by atoms with Crippen molar-refractivity contribution in [2.24, 2.45) is 5.92 Å². The second-order valence-corrected chi connectivity index (χ2v) is 7.99. The Bertz CT molecular complexity index is 459. The maximum atomic E-state index is 6.18. The van der Waals surface area contributed by atoms with E-state index in [1.165, 1.54) is 24.2 Å². The summed E-state index contributed by atoms with van der Waals surface area (Å²) >= 11 is 5.60. The van der Waals surface area contributed by atoms with E-state index in [-0.39, 0.29) is 5.60 Å². The van der Waals surface area contributed by atoms with Crippen molar-refractivity contribution in [1.82, 2.24) is 5.32 Å². The zero-order valence-electron chi connectivity index (χ0n) is 12.6. The molecule has 0 bridgehead atoms. The van der Waals surface area contributed by atoms with Crippen molar-refractivity contribution >= 4 is 27.7 Å². The summed E-state index contributed by atoms with van der Waals surface area (Å²) in [5.41, 5.74) is 1.40. The first kappa shape index (κ1) is 15.9. The van der Waals surface area contributed by atoms with Gasteiger partial charge in [0.25, 0.3) is 0 Å². The van der Waals surface area contributed by atoms with Gasteiger partial charge in [0.05, 0.1) is 11.9 Å². The summed E-state index contributed by atoms with van der Waals surface area (Å²) in [6.45, 7) is 4.15. The van der Waals surface area contributed by atoms with Gasteiger partial charge in [-0.1, -0.05) is 6.92 Å². The van der Waals surface area contributed by atoms with Crippen molar-refractivity contribution in [2.45, 2.75) is 44.2 Å². The predicted molar refractivity (Wildman–Crippen MR) is 90.8 cm³/mol. The van der Waals surface area contributed by atoms with Gasteiger partial charge in [-0.05, 0) is 65.9 Å². The van der Waals surface area contributed by atoms with Crippen molar-refractivity contribution in [3.63, 3.8) is 0 Å². The summed E-state index contributed by atoms with van der Waals surface area (Å²) in [5, 5.41) is 3.74. The van der Waals surface area contributed by atoms with Gasteiger partial charge < -0.3 is 14.5 Å².